The number of fused-ring (bicyclic) bond motifs is 1. The van der Waals surface area contributed by atoms with Crippen LogP contribution in [-0.4, -0.2) is 58.0 Å². The van der Waals surface area contributed by atoms with Gasteiger partial charge in [-0.05, 0) is 24.3 Å². The molecule has 1 saturated heterocycles. The van der Waals surface area contributed by atoms with Crippen molar-refractivity contribution < 1.29 is 14.7 Å². The number of piperazine rings is 1. The maximum atomic E-state index is 12.5. The van der Waals surface area contributed by atoms with Gasteiger partial charge in [-0.25, -0.2) is 9.97 Å². The second-order valence-corrected chi connectivity index (χ2v) is 7.17. The van der Waals surface area contributed by atoms with E-state index in [1.54, 1.807) is 17.7 Å². The van der Waals surface area contributed by atoms with E-state index in [0.717, 1.165) is 16.0 Å². The molecule has 8 heteroatoms. The number of rotatable bonds is 3. The van der Waals surface area contributed by atoms with Crippen molar-refractivity contribution in [1.29, 1.82) is 0 Å². The number of aromatic nitrogens is 2. The average Bonchev–Trinajstić information content (AvgIpc) is 3.02. The fourth-order valence-corrected chi connectivity index (χ4v) is 4.22. The number of carboxylic acid groups (broad SMARTS) is 1. The van der Waals surface area contributed by atoms with E-state index in [1.165, 1.54) is 0 Å². The summed E-state index contributed by atoms with van der Waals surface area (Å²) in [5.41, 5.74) is 0. The third kappa shape index (κ3) is 2.50. The van der Waals surface area contributed by atoms with Crippen LogP contribution in [0, 0.1) is 11.8 Å². The number of thiophene rings is 1. The number of aliphatic carboxylic acids is 1. The second-order valence-electron chi connectivity index (χ2n) is 6.28. The highest BCUT2D eigenvalue weighted by molar-refractivity contribution is 7.16. The molecule has 126 valence electrons. The lowest BCUT2D eigenvalue weighted by molar-refractivity contribution is -0.156. The standard InChI is InChI=1S/C16H18N4O3S/c21-15(10-1-2-11(10)16(22)23)20-6-4-19(5-7-20)13-12-3-8-24-14(12)18-9-17-13/h3,8-11H,1-2,4-7H2,(H,22,23). The molecule has 1 aliphatic carbocycles. The van der Waals surface area contributed by atoms with Crippen molar-refractivity contribution in [1.82, 2.24) is 14.9 Å². The predicted molar refractivity (Wildman–Crippen MR) is 90.1 cm³/mol. The minimum absolute atomic E-state index is 0.00309. The number of anilines is 1. The molecule has 0 bridgehead atoms. The molecule has 1 amide bonds. The van der Waals surface area contributed by atoms with Crippen molar-refractivity contribution in [3.63, 3.8) is 0 Å². The third-order valence-electron chi connectivity index (χ3n) is 5.04. The monoisotopic (exact) mass is 346 g/mol. The third-order valence-corrected chi connectivity index (χ3v) is 5.86. The lowest BCUT2D eigenvalue weighted by atomic mass is 9.73. The van der Waals surface area contributed by atoms with E-state index in [2.05, 4.69) is 14.9 Å². The largest absolute Gasteiger partial charge is 0.481 e. The lowest BCUT2D eigenvalue weighted by Crippen LogP contribution is -2.53. The van der Waals surface area contributed by atoms with E-state index in [1.807, 2.05) is 16.3 Å². The number of amides is 1. The molecule has 1 saturated carbocycles. The number of hydrogen-bond acceptors (Lipinski definition) is 6. The molecule has 0 radical (unpaired) electrons. The fraction of sp³-hybridized carbons (Fsp3) is 0.500. The van der Waals surface area contributed by atoms with Gasteiger partial charge >= 0.3 is 5.97 Å². The Morgan fingerprint density at radius 2 is 1.88 bits per heavy atom. The number of carboxylic acids is 1. The summed E-state index contributed by atoms with van der Waals surface area (Å²) in [7, 11) is 0. The topological polar surface area (TPSA) is 86.6 Å². The van der Waals surface area contributed by atoms with Gasteiger partial charge in [-0.15, -0.1) is 11.3 Å². The smallest absolute Gasteiger partial charge is 0.307 e. The maximum Gasteiger partial charge on any atom is 0.307 e. The van der Waals surface area contributed by atoms with E-state index in [4.69, 9.17) is 5.11 Å². The number of carbonyl (C=O) groups excluding carboxylic acids is 1. The van der Waals surface area contributed by atoms with Crippen LogP contribution in [0.4, 0.5) is 5.82 Å². The van der Waals surface area contributed by atoms with E-state index < -0.39 is 11.9 Å². The Hall–Kier alpha value is -2.22. The Morgan fingerprint density at radius 1 is 1.12 bits per heavy atom. The van der Waals surface area contributed by atoms with Crippen molar-refractivity contribution in [2.45, 2.75) is 12.8 Å². The zero-order valence-electron chi connectivity index (χ0n) is 13.1. The molecule has 0 spiro atoms. The van der Waals surface area contributed by atoms with Crippen LogP contribution in [-0.2, 0) is 9.59 Å². The van der Waals surface area contributed by atoms with Crippen LogP contribution >= 0.6 is 11.3 Å². The van der Waals surface area contributed by atoms with Gasteiger partial charge in [0.2, 0.25) is 5.91 Å². The van der Waals surface area contributed by atoms with Gasteiger partial charge in [-0.1, -0.05) is 0 Å². The highest BCUT2D eigenvalue weighted by atomic mass is 32.1. The minimum atomic E-state index is -0.848. The van der Waals surface area contributed by atoms with Gasteiger partial charge in [0.25, 0.3) is 0 Å². The summed E-state index contributed by atoms with van der Waals surface area (Å²) in [4.78, 5) is 37.3. The van der Waals surface area contributed by atoms with Gasteiger partial charge in [0.1, 0.15) is 17.0 Å². The van der Waals surface area contributed by atoms with Crippen molar-refractivity contribution in [2.24, 2.45) is 11.8 Å². The van der Waals surface area contributed by atoms with Crippen LogP contribution in [0.1, 0.15) is 12.8 Å². The SMILES string of the molecule is O=C(O)C1CCC1C(=O)N1CCN(c2ncnc3sccc23)CC1. The Bertz CT molecular complexity index is 784. The van der Waals surface area contributed by atoms with E-state index in [-0.39, 0.29) is 11.8 Å². The summed E-state index contributed by atoms with van der Waals surface area (Å²) in [6, 6.07) is 2.03. The maximum absolute atomic E-state index is 12.5. The quantitative estimate of drug-likeness (QED) is 0.905. The van der Waals surface area contributed by atoms with Crippen LogP contribution in [0.25, 0.3) is 10.2 Å². The number of hydrogen-bond donors (Lipinski definition) is 1. The molecule has 1 N–H and O–H groups in total. The van der Waals surface area contributed by atoms with Gasteiger partial charge in [0.15, 0.2) is 0 Å². The van der Waals surface area contributed by atoms with E-state index in [0.29, 0.717) is 39.0 Å². The summed E-state index contributed by atoms with van der Waals surface area (Å²) < 4.78 is 0. The first-order chi connectivity index (χ1) is 11.6. The zero-order chi connectivity index (χ0) is 16.7. The summed E-state index contributed by atoms with van der Waals surface area (Å²) in [6.07, 6.45) is 2.89. The molecular weight excluding hydrogens is 328 g/mol. The zero-order valence-corrected chi connectivity index (χ0v) is 13.9. The van der Waals surface area contributed by atoms with Crippen molar-refractivity contribution in [3.8, 4) is 0 Å². The van der Waals surface area contributed by atoms with Gasteiger partial charge in [-0.2, -0.15) is 0 Å². The first-order valence-corrected chi connectivity index (χ1v) is 8.98. The Morgan fingerprint density at radius 3 is 2.54 bits per heavy atom. The fourth-order valence-electron chi connectivity index (χ4n) is 3.49. The van der Waals surface area contributed by atoms with E-state index >= 15 is 0 Å². The first-order valence-electron chi connectivity index (χ1n) is 8.10. The molecule has 0 aromatic carbocycles. The summed E-state index contributed by atoms with van der Waals surface area (Å²) in [5, 5.41) is 12.2. The predicted octanol–water partition coefficient (Wildman–Crippen LogP) is 1.45. The van der Waals surface area contributed by atoms with Gasteiger partial charge < -0.3 is 14.9 Å². The van der Waals surface area contributed by atoms with Gasteiger partial charge in [-0.3, -0.25) is 9.59 Å². The Kier molecular flexibility index (Phi) is 3.84. The molecule has 1 aliphatic heterocycles. The highest BCUT2D eigenvalue weighted by Gasteiger charge is 2.43. The number of carbonyl (C=O) groups is 2. The second kappa shape index (κ2) is 6.01. The molecule has 24 heavy (non-hydrogen) atoms. The van der Waals surface area contributed by atoms with Gasteiger partial charge in [0.05, 0.1) is 17.2 Å². The van der Waals surface area contributed by atoms with Crippen molar-refractivity contribution in [2.75, 3.05) is 31.1 Å². The molecular formula is C16H18N4O3S. The van der Waals surface area contributed by atoms with Crippen LogP contribution in [0.15, 0.2) is 17.8 Å². The van der Waals surface area contributed by atoms with Crippen molar-refractivity contribution in [3.05, 3.63) is 17.8 Å². The summed E-state index contributed by atoms with van der Waals surface area (Å²) >= 11 is 1.59. The highest BCUT2D eigenvalue weighted by Crippen LogP contribution is 2.36. The lowest BCUT2D eigenvalue weighted by Gasteiger charge is -2.40. The molecule has 4 rings (SSSR count). The van der Waals surface area contributed by atoms with Crippen LogP contribution in [0.3, 0.4) is 0 Å². The Labute approximate surface area is 142 Å². The minimum Gasteiger partial charge on any atom is -0.481 e. The molecule has 2 atom stereocenters. The molecule has 7 nitrogen and oxygen atoms in total. The molecule has 2 aromatic rings. The summed E-state index contributed by atoms with van der Waals surface area (Å²) in [6.45, 7) is 2.63. The first kappa shape index (κ1) is 15.3. The Balaban J connectivity index is 1.43. The molecule has 2 unspecified atom stereocenters. The summed E-state index contributed by atoms with van der Waals surface area (Å²) in [5.74, 6) is -0.768. The number of nitrogens with zero attached hydrogens (tertiary/aromatic N) is 4. The normalized spacial score (nSPS) is 24.0. The van der Waals surface area contributed by atoms with Crippen LogP contribution in [0.2, 0.25) is 0 Å². The van der Waals surface area contributed by atoms with E-state index in [9.17, 15) is 9.59 Å². The molecule has 2 aromatic heterocycles. The van der Waals surface area contributed by atoms with Crippen molar-refractivity contribution >= 4 is 39.2 Å². The molecule has 3 heterocycles. The van der Waals surface area contributed by atoms with Crippen LogP contribution in [0.5, 0.6) is 0 Å². The molecule has 2 fully saturated rings. The molecule has 2 aliphatic rings. The van der Waals surface area contributed by atoms with Gasteiger partial charge in [0, 0.05) is 26.2 Å². The average molecular weight is 346 g/mol. The van der Waals surface area contributed by atoms with Crippen LogP contribution < -0.4 is 4.90 Å².